The van der Waals surface area contributed by atoms with E-state index in [0.29, 0.717) is 11.3 Å². The molecule has 1 aromatic carbocycles. The molecule has 0 aromatic heterocycles. The number of carbonyl (C=O) groups is 3. The van der Waals surface area contributed by atoms with Gasteiger partial charge in [-0.15, -0.1) is 0 Å². The molecule has 3 aliphatic heterocycles. The van der Waals surface area contributed by atoms with Gasteiger partial charge in [0.1, 0.15) is 5.70 Å². The van der Waals surface area contributed by atoms with Gasteiger partial charge in [0.05, 0.1) is 37.2 Å². The lowest BCUT2D eigenvalue weighted by molar-refractivity contribution is -0.136. The van der Waals surface area contributed by atoms with E-state index in [2.05, 4.69) is 10.2 Å². The Morgan fingerprint density at radius 1 is 1.09 bits per heavy atom. The van der Waals surface area contributed by atoms with E-state index in [1.165, 1.54) is 12.0 Å². The molecular formula is C23H30N4O5. The number of nitrogens with zero attached hydrogens (tertiary/aromatic N) is 3. The predicted molar refractivity (Wildman–Crippen MR) is 119 cm³/mol. The SMILES string of the molecule is COC(=O)C1=C(Nc2cc(C(=O)N3CCCC3)ccc2N2CCCC2)C(=O)N(CCO)C1. The molecule has 9 heteroatoms. The molecule has 2 amide bonds. The van der Waals surface area contributed by atoms with Crippen molar-refractivity contribution in [3.05, 3.63) is 35.0 Å². The van der Waals surface area contributed by atoms with Gasteiger partial charge in [-0.1, -0.05) is 0 Å². The second-order valence-corrected chi connectivity index (χ2v) is 8.35. The quantitative estimate of drug-likeness (QED) is 0.612. The van der Waals surface area contributed by atoms with E-state index in [4.69, 9.17) is 4.74 Å². The number of aliphatic hydroxyl groups is 1. The van der Waals surface area contributed by atoms with Crippen molar-refractivity contribution in [3.63, 3.8) is 0 Å². The Labute approximate surface area is 187 Å². The van der Waals surface area contributed by atoms with Crippen molar-refractivity contribution < 1.29 is 24.2 Å². The van der Waals surface area contributed by atoms with E-state index in [9.17, 15) is 19.5 Å². The zero-order valence-corrected chi connectivity index (χ0v) is 18.4. The van der Waals surface area contributed by atoms with Gasteiger partial charge in [0.15, 0.2) is 0 Å². The van der Waals surface area contributed by atoms with Crippen molar-refractivity contribution in [2.75, 3.05) is 63.2 Å². The van der Waals surface area contributed by atoms with Gasteiger partial charge in [0.2, 0.25) is 0 Å². The summed E-state index contributed by atoms with van der Waals surface area (Å²) in [5, 5.41) is 12.5. The highest BCUT2D eigenvalue weighted by atomic mass is 16.5. The number of aliphatic hydroxyl groups excluding tert-OH is 1. The molecule has 172 valence electrons. The number of ether oxygens (including phenoxy) is 1. The number of anilines is 2. The molecule has 0 saturated carbocycles. The summed E-state index contributed by atoms with van der Waals surface area (Å²) in [5.41, 5.74) is 2.42. The van der Waals surface area contributed by atoms with Crippen LogP contribution in [0.15, 0.2) is 29.5 Å². The molecule has 0 spiro atoms. The standard InChI is InChI=1S/C23H30N4O5/c1-32-23(31)17-15-27(12-13-28)22(30)20(17)24-18-14-16(21(29)26-10-4-5-11-26)6-7-19(18)25-8-2-3-9-25/h6-7,14,24,28H,2-5,8-13,15H2,1H3. The number of hydrogen-bond donors (Lipinski definition) is 2. The van der Waals surface area contributed by atoms with Crippen LogP contribution in [0.5, 0.6) is 0 Å². The maximum atomic E-state index is 13.0. The number of rotatable bonds is 7. The zero-order valence-electron chi connectivity index (χ0n) is 18.4. The van der Waals surface area contributed by atoms with Crippen LogP contribution in [-0.2, 0) is 14.3 Å². The first-order valence-corrected chi connectivity index (χ1v) is 11.2. The molecule has 4 rings (SSSR count). The highest BCUT2D eigenvalue weighted by molar-refractivity contribution is 6.09. The summed E-state index contributed by atoms with van der Waals surface area (Å²) in [6, 6.07) is 5.53. The number of β-amino-alcohol motifs (C(OH)–C–C–N with tert-alkyl or cyclic N) is 1. The largest absolute Gasteiger partial charge is 0.466 e. The van der Waals surface area contributed by atoms with Crippen LogP contribution in [0.3, 0.4) is 0 Å². The first-order valence-electron chi connectivity index (χ1n) is 11.2. The van der Waals surface area contributed by atoms with Crippen LogP contribution >= 0.6 is 0 Å². The molecule has 0 radical (unpaired) electrons. The van der Waals surface area contributed by atoms with Gasteiger partial charge in [-0.3, -0.25) is 9.59 Å². The minimum atomic E-state index is -0.590. The molecule has 0 aliphatic carbocycles. The number of hydrogen-bond acceptors (Lipinski definition) is 7. The predicted octanol–water partition coefficient (Wildman–Crippen LogP) is 1.20. The maximum absolute atomic E-state index is 13.0. The third-order valence-electron chi connectivity index (χ3n) is 6.30. The number of amides is 2. The van der Waals surface area contributed by atoms with Crippen LogP contribution in [0.25, 0.3) is 0 Å². The van der Waals surface area contributed by atoms with Crippen LogP contribution in [0.4, 0.5) is 11.4 Å². The van der Waals surface area contributed by atoms with Gasteiger partial charge in [-0.25, -0.2) is 4.79 Å². The molecular weight excluding hydrogens is 412 g/mol. The van der Waals surface area contributed by atoms with Crippen LogP contribution in [0.2, 0.25) is 0 Å². The highest BCUT2D eigenvalue weighted by Crippen LogP contribution is 2.33. The van der Waals surface area contributed by atoms with Gasteiger partial charge in [-0.05, 0) is 43.9 Å². The molecule has 3 heterocycles. The third kappa shape index (κ3) is 4.29. The number of likely N-dealkylation sites (tertiary alicyclic amines) is 1. The van der Waals surface area contributed by atoms with Gasteiger partial charge in [-0.2, -0.15) is 0 Å². The lowest BCUT2D eigenvalue weighted by Crippen LogP contribution is -2.31. The third-order valence-corrected chi connectivity index (χ3v) is 6.30. The molecule has 2 saturated heterocycles. The Bertz CT molecular complexity index is 932. The Hall–Kier alpha value is -3.07. The van der Waals surface area contributed by atoms with E-state index < -0.39 is 5.97 Å². The first kappa shape index (κ1) is 22.1. The van der Waals surface area contributed by atoms with Crippen LogP contribution in [0.1, 0.15) is 36.0 Å². The van der Waals surface area contributed by atoms with Crippen LogP contribution in [-0.4, -0.2) is 85.7 Å². The summed E-state index contributed by atoms with van der Waals surface area (Å²) in [6.45, 7) is 3.27. The summed E-state index contributed by atoms with van der Waals surface area (Å²) in [5.74, 6) is -0.989. The summed E-state index contributed by atoms with van der Waals surface area (Å²) in [4.78, 5) is 43.8. The smallest absolute Gasteiger partial charge is 0.337 e. The average molecular weight is 443 g/mol. The second-order valence-electron chi connectivity index (χ2n) is 8.35. The molecule has 2 fully saturated rings. The summed E-state index contributed by atoms with van der Waals surface area (Å²) in [7, 11) is 1.27. The summed E-state index contributed by atoms with van der Waals surface area (Å²) < 4.78 is 4.89. The highest BCUT2D eigenvalue weighted by Gasteiger charge is 2.35. The van der Waals surface area contributed by atoms with Crippen molar-refractivity contribution in [1.82, 2.24) is 9.80 Å². The topological polar surface area (TPSA) is 102 Å². The fourth-order valence-corrected chi connectivity index (χ4v) is 4.59. The number of esters is 1. The van der Waals surface area contributed by atoms with E-state index in [0.717, 1.165) is 57.5 Å². The van der Waals surface area contributed by atoms with Crippen LogP contribution < -0.4 is 10.2 Å². The van der Waals surface area contributed by atoms with Gasteiger partial charge in [0, 0.05) is 38.3 Å². The van der Waals surface area contributed by atoms with E-state index >= 15 is 0 Å². The van der Waals surface area contributed by atoms with Crippen molar-refractivity contribution in [2.24, 2.45) is 0 Å². The van der Waals surface area contributed by atoms with Crippen molar-refractivity contribution >= 4 is 29.2 Å². The van der Waals surface area contributed by atoms with Crippen molar-refractivity contribution in [2.45, 2.75) is 25.7 Å². The summed E-state index contributed by atoms with van der Waals surface area (Å²) >= 11 is 0. The molecule has 9 nitrogen and oxygen atoms in total. The molecule has 2 N–H and O–H groups in total. The maximum Gasteiger partial charge on any atom is 0.337 e. The molecule has 1 aromatic rings. The Morgan fingerprint density at radius 3 is 2.44 bits per heavy atom. The molecule has 32 heavy (non-hydrogen) atoms. The number of nitrogens with one attached hydrogen (secondary N) is 1. The minimum Gasteiger partial charge on any atom is -0.466 e. The number of methoxy groups -OCH3 is 1. The molecule has 0 unspecified atom stereocenters. The van der Waals surface area contributed by atoms with Crippen molar-refractivity contribution in [3.8, 4) is 0 Å². The van der Waals surface area contributed by atoms with Crippen molar-refractivity contribution in [1.29, 1.82) is 0 Å². The Kier molecular flexibility index (Phi) is 6.64. The Balaban J connectivity index is 1.70. The second kappa shape index (κ2) is 9.60. The summed E-state index contributed by atoms with van der Waals surface area (Å²) in [6.07, 6.45) is 4.17. The lowest BCUT2D eigenvalue weighted by atomic mass is 10.1. The minimum absolute atomic E-state index is 0.0275. The van der Waals surface area contributed by atoms with Gasteiger partial charge in [0.25, 0.3) is 11.8 Å². The fourth-order valence-electron chi connectivity index (χ4n) is 4.59. The van der Waals surface area contributed by atoms with Gasteiger partial charge >= 0.3 is 5.97 Å². The van der Waals surface area contributed by atoms with E-state index in [-0.39, 0.29) is 42.8 Å². The number of benzene rings is 1. The molecule has 0 bridgehead atoms. The zero-order chi connectivity index (χ0) is 22.7. The number of carbonyl (C=O) groups excluding carboxylic acids is 3. The Morgan fingerprint density at radius 2 is 1.78 bits per heavy atom. The van der Waals surface area contributed by atoms with Gasteiger partial charge < -0.3 is 29.9 Å². The van der Waals surface area contributed by atoms with E-state index in [1.807, 2.05) is 17.0 Å². The fraction of sp³-hybridized carbons (Fsp3) is 0.522. The normalized spacial score (nSPS) is 18.7. The molecule has 3 aliphatic rings. The first-order chi connectivity index (χ1) is 15.5. The monoisotopic (exact) mass is 442 g/mol. The van der Waals surface area contributed by atoms with Crippen LogP contribution in [0, 0.1) is 0 Å². The molecule has 0 atom stereocenters. The average Bonchev–Trinajstić information content (AvgIpc) is 3.57. The lowest BCUT2D eigenvalue weighted by Gasteiger charge is -2.24. The van der Waals surface area contributed by atoms with E-state index in [1.54, 1.807) is 6.07 Å².